The maximum atomic E-state index is 12.5. The van der Waals surface area contributed by atoms with Gasteiger partial charge in [0.15, 0.2) is 5.36 Å². The molecule has 12 nitrogen and oxygen atoms in total. The van der Waals surface area contributed by atoms with Gasteiger partial charge in [0.2, 0.25) is 10.9 Å². The van der Waals surface area contributed by atoms with E-state index in [1.165, 1.54) is 24.3 Å². The van der Waals surface area contributed by atoms with Gasteiger partial charge < -0.3 is 9.11 Å². The third-order valence-electron chi connectivity index (χ3n) is 3.96. The number of nitrogens with one attached hydrogen (secondary N) is 2. The second-order valence-electron chi connectivity index (χ2n) is 6.16. The summed E-state index contributed by atoms with van der Waals surface area (Å²) in [5, 5.41) is 6.89. The van der Waals surface area contributed by atoms with Crippen molar-refractivity contribution in [2.24, 2.45) is 10.2 Å². The minimum Gasteiger partial charge on any atom is -0.744 e. The summed E-state index contributed by atoms with van der Waals surface area (Å²) in [6.45, 7) is 0. The Bertz CT molecular complexity index is 1600. The van der Waals surface area contributed by atoms with E-state index >= 15 is 0 Å². The molecule has 0 fully saturated rings. The smallest absolute Gasteiger partial charge is 0.744 e. The van der Waals surface area contributed by atoms with Crippen LogP contribution in [0.4, 0.5) is 11.4 Å². The van der Waals surface area contributed by atoms with Gasteiger partial charge in [-0.15, -0.1) is 0 Å². The van der Waals surface area contributed by atoms with Gasteiger partial charge in [0.05, 0.1) is 21.2 Å². The van der Waals surface area contributed by atoms with Crippen LogP contribution in [0.5, 0.6) is 0 Å². The van der Waals surface area contributed by atoms with Gasteiger partial charge in [-0.3, -0.25) is 20.4 Å². The van der Waals surface area contributed by atoms with Gasteiger partial charge in [0, 0.05) is 0 Å². The van der Waals surface area contributed by atoms with E-state index in [4.69, 9.17) is 0 Å². The first-order chi connectivity index (χ1) is 14.9. The van der Waals surface area contributed by atoms with Gasteiger partial charge in [-0.1, -0.05) is 0 Å². The van der Waals surface area contributed by atoms with E-state index in [0.717, 1.165) is 36.4 Å². The van der Waals surface area contributed by atoms with Crippen molar-refractivity contribution in [3.63, 3.8) is 0 Å². The molecule has 0 radical (unpaired) electrons. The SMILES string of the molecule is O=c1cc/c(=N\Nc2ccc(S(=O)(=O)[O-])cc2)c(=O)/c1=N\Nc1ccc(S(=O)(=O)[O-])cc1.[Na+].[Na+]. The van der Waals surface area contributed by atoms with Crippen molar-refractivity contribution in [3.8, 4) is 0 Å². The Hall–Kier alpha value is -1.72. The molecule has 3 aromatic carbocycles. The molecule has 0 bridgehead atoms. The van der Waals surface area contributed by atoms with Crippen LogP contribution in [0.3, 0.4) is 0 Å². The van der Waals surface area contributed by atoms with E-state index in [-0.39, 0.29) is 75.8 Å². The van der Waals surface area contributed by atoms with Crippen molar-refractivity contribution >= 4 is 31.6 Å². The normalized spacial score (nSPS) is 12.4. The van der Waals surface area contributed by atoms with Crippen molar-refractivity contribution < 1.29 is 85.1 Å². The predicted octanol–water partition coefficient (Wildman–Crippen LogP) is -7.05. The molecule has 0 amide bonds. The number of nitrogens with zero attached hydrogens (tertiary/aromatic N) is 2. The Labute approximate surface area is 237 Å². The van der Waals surface area contributed by atoms with Gasteiger partial charge in [0.1, 0.15) is 25.6 Å². The van der Waals surface area contributed by atoms with Crippen LogP contribution in [0, 0.1) is 0 Å². The molecule has 16 heteroatoms. The summed E-state index contributed by atoms with van der Waals surface area (Å²) < 4.78 is 65.6. The van der Waals surface area contributed by atoms with Gasteiger partial charge in [-0.05, 0) is 60.7 Å². The zero-order valence-electron chi connectivity index (χ0n) is 17.8. The van der Waals surface area contributed by atoms with E-state index in [0.29, 0.717) is 0 Å². The first-order valence-electron chi connectivity index (χ1n) is 8.51. The van der Waals surface area contributed by atoms with Crippen LogP contribution in [0.1, 0.15) is 0 Å². The van der Waals surface area contributed by atoms with Crippen LogP contribution in [-0.4, -0.2) is 25.9 Å². The minimum atomic E-state index is -4.62. The molecule has 0 aliphatic carbocycles. The Morgan fingerprint density at radius 2 is 1.03 bits per heavy atom. The first kappa shape index (κ1) is 30.3. The molecule has 166 valence electrons. The molecule has 3 aromatic rings. The van der Waals surface area contributed by atoms with E-state index in [2.05, 4.69) is 21.1 Å². The third kappa shape index (κ3) is 7.91. The van der Waals surface area contributed by atoms with Crippen molar-refractivity contribution in [2.45, 2.75) is 9.79 Å². The number of hydrogen-bond donors (Lipinski definition) is 2. The third-order valence-corrected chi connectivity index (χ3v) is 5.66. The van der Waals surface area contributed by atoms with Gasteiger partial charge >= 0.3 is 59.1 Å². The molecule has 0 saturated carbocycles. The van der Waals surface area contributed by atoms with Gasteiger partial charge in [-0.25, -0.2) is 16.8 Å². The summed E-state index contributed by atoms with van der Waals surface area (Å²) in [5.41, 5.74) is 3.88. The first-order valence-corrected chi connectivity index (χ1v) is 11.3. The average molecular weight is 522 g/mol. The molecule has 2 N–H and O–H groups in total. The summed E-state index contributed by atoms with van der Waals surface area (Å²) in [5.74, 6) is 0. The largest absolute Gasteiger partial charge is 1.00 e. The van der Waals surface area contributed by atoms with Crippen molar-refractivity contribution in [3.05, 3.63) is 91.8 Å². The van der Waals surface area contributed by atoms with E-state index < -0.39 is 46.2 Å². The second-order valence-corrected chi connectivity index (χ2v) is 8.92. The Morgan fingerprint density at radius 1 is 0.618 bits per heavy atom. The van der Waals surface area contributed by atoms with Gasteiger partial charge in [-0.2, -0.15) is 10.2 Å². The molecule has 0 spiro atoms. The quantitative estimate of drug-likeness (QED) is 0.178. The van der Waals surface area contributed by atoms with Crippen molar-refractivity contribution in [2.75, 3.05) is 10.9 Å². The van der Waals surface area contributed by atoms with E-state index in [1.807, 2.05) is 0 Å². The molecular weight excluding hydrogens is 510 g/mol. The molecule has 0 saturated heterocycles. The second kappa shape index (κ2) is 12.3. The Kier molecular flexibility index (Phi) is 11.0. The summed E-state index contributed by atoms with van der Waals surface area (Å²) in [7, 11) is -9.22. The molecule has 0 heterocycles. The fourth-order valence-corrected chi connectivity index (χ4v) is 3.31. The number of hydrogen-bond acceptors (Lipinski definition) is 12. The summed E-state index contributed by atoms with van der Waals surface area (Å²) in [6.07, 6.45) is 0. The van der Waals surface area contributed by atoms with E-state index in [1.54, 1.807) is 0 Å². The molecular formula is C18H12N4Na2O8S2. The maximum Gasteiger partial charge on any atom is 1.00 e. The summed E-state index contributed by atoms with van der Waals surface area (Å²) in [4.78, 5) is 23.6. The van der Waals surface area contributed by atoms with Crippen LogP contribution in [0.15, 0.2) is 90.2 Å². The zero-order valence-corrected chi connectivity index (χ0v) is 23.4. The number of benzene rings is 3. The molecule has 0 aliphatic heterocycles. The fourth-order valence-electron chi connectivity index (χ4n) is 2.37. The molecule has 0 unspecified atom stereocenters. The molecule has 0 aliphatic rings. The molecule has 0 aromatic heterocycles. The van der Waals surface area contributed by atoms with Crippen molar-refractivity contribution in [1.82, 2.24) is 0 Å². The summed E-state index contributed by atoms with van der Waals surface area (Å²) in [6, 6.07) is 11.4. The standard InChI is InChI=1S/C18H14N4O8S2.2Na/c23-16-10-9-15(21-19-11-1-5-13(6-2-11)31(25,26)27)18(24)17(16)22-20-12-3-7-14(8-4-12)32(28,29)30;;/h1-10,19-20H,(H,25,26,27)(H,28,29,30);;/q;2*+1/p-2/b21-15+,22-17-;;. The topological polar surface area (TPSA) is 197 Å². The Morgan fingerprint density at radius 3 is 1.44 bits per heavy atom. The van der Waals surface area contributed by atoms with Crippen LogP contribution < -0.4 is 91.5 Å². The van der Waals surface area contributed by atoms with Gasteiger partial charge in [0.25, 0.3) is 0 Å². The monoisotopic (exact) mass is 522 g/mol. The number of anilines is 2. The maximum absolute atomic E-state index is 12.5. The minimum absolute atomic E-state index is 0. The number of rotatable bonds is 6. The van der Waals surface area contributed by atoms with Crippen LogP contribution in [0.25, 0.3) is 0 Å². The predicted molar refractivity (Wildman–Crippen MR) is 109 cm³/mol. The molecule has 0 atom stereocenters. The average Bonchev–Trinajstić information content (AvgIpc) is 2.72. The van der Waals surface area contributed by atoms with E-state index in [9.17, 15) is 35.5 Å². The fraction of sp³-hybridized carbons (Fsp3) is 0. The van der Waals surface area contributed by atoms with Crippen LogP contribution in [-0.2, 0) is 20.2 Å². The zero-order chi connectivity index (χ0) is 23.5. The molecule has 3 rings (SSSR count). The Balaban J connectivity index is 0.00000289. The summed E-state index contributed by atoms with van der Waals surface area (Å²) >= 11 is 0. The van der Waals surface area contributed by atoms with Crippen LogP contribution >= 0.6 is 0 Å². The van der Waals surface area contributed by atoms with Crippen LogP contribution in [0.2, 0.25) is 0 Å². The molecule has 34 heavy (non-hydrogen) atoms. The van der Waals surface area contributed by atoms with Crippen molar-refractivity contribution in [1.29, 1.82) is 0 Å².